The van der Waals surface area contributed by atoms with Gasteiger partial charge < -0.3 is 0 Å². The Morgan fingerprint density at radius 3 is 1.79 bits per heavy atom. The van der Waals surface area contributed by atoms with Gasteiger partial charge in [-0.05, 0) is 44.0 Å². The van der Waals surface area contributed by atoms with E-state index in [1.165, 1.54) is 36.9 Å². The summed E-state index contributed by atoms with van der Waals surface area (Å²) in [6, 6.07) is 2.89. The fraction of sp³-hybridized carbons (Fsp3) is 0.167. The van der Waals surface area contributed by atoms with Crippen LogP contribution in [0, 0.1) is 0 Å². The van der Waals surface area contributed by atoms with E-state index in [4.69, 9.17) is 10.7 Å². The number of hydrogen-bond donors (Lipinski definition) is 1. The number of nitrogens with one attached hydrogen (secondary N) is 1. The van der Waals surface area contributed by atoms with E-state index >= 15 is 0 Å². The topological polar surface area (TPSA) is 106 Å². The molecule has 0 aliphatic heterocycles. The van der Waals surface area contributed by atoms with Crippen molar-refractivity contribution < 1.29 is 16.8 Å². The molecule has 0 aromatic carbocycles. The summed E-state index contributed by atoms with van der Waals surface area (Å²) in [4.78, 5) is 7.57. The van der Waals surface area contributed by atoms with Gasteiger partial charge in [0.25, 0.3) is 9.05 Å². The molecule has 0 aliphatic rings. The molecule has 0 bridgehead atoms. The summed E-state index contributed by atoms with van der Waals surface area (Å²) in [6.07, 6.45) is 5.51. The Morgan fingerprint density at radius 1 is 0.958 bits per heavy atom. The molecule has 7 nitrogen and oxygen atoms in total. The Balaban J connectivity index is 0.000000243. The highest BCUT2D eigenvalue weighted by Gasteiger charge is 2.12. The fourth-order valence-electron chi connectivity index (χ4n) is 1.34. The van der Waals surface area contributed by atoms with Gasteiger partial charge in [0.05, 0.1) is 0 Å². The highest BCUT2D eigenvalue weighted by Crippen LogP contribution is 2.17. The first-order valence-corrected chi connectivity index (χ1v) is 11.6. The van der Waals surface area contributed by atoms with Crippen molar-refractivity contribution in [3.05, 3.63) is 45.9 Å². The van der Waals surface area contributed by atoms with Gasteiger partial charge in [0.15, 0.2) is 0 Å². The molecule has 2 heterocycles. The van der Waals surface area contributed by atoms with Crippen LogP contribution < -0.4 is 4.72 Å². The molecule has 24 heavy (non-hydrogen) atoms. The molecule has 0 aliphatic carbocycles. The zero-order valence-electron chi connectivity index (χ0n) is 12.1. The van der Waals surface area contributed by atoms with Crippen LogP contribution in [-0.2, 0) is 19.1 Å². The lowest BCUT2D eigenvalue weighted by Gasteiger charge is -2.03. The van der Waals surface area contributed by atoms with Crippen LogP contribution in [-0.4, -0.2) is 33.3 Å². The molecule has 0 unspecified atom stereocenters. The quantitative estimate of drug-likeness (QED) is 0.621. The number of sulfonamides is 1. The summed E-state index contributed by atoms with van der Waals surface area (Å²) < 4.78 is 47.8. The van der Waals surface area contributed by atoms with E-state index in [9.17, 15) is 16.8 Å². The van der Waals surface area contributed by atoms with Gasteiger partial charge in [0.2, 0.25) is 10.0 Å². The lowest BCUT2D eigenvalue weighted by Crippen LogP contribution is -2.23. The van der Waals surface area contributed by atoms with E-state index in [0.29, 0.717) is 15.5 Å². The monoisotopic (exact) mass is 519 g/mol. The second kappa shape index (κ2) is 9.20. The molecule has 0 saturated heterocycles. The molecule has 2 rings (SSSR count). The van der Waals surface area contributed by atoms with Gasteiger partial charge in [-0.25, -0.2) is 21.6 Å². The molecule has 0 atom stereocenters. The molecule has 0 spiro atoms. The van der Waals surface area contributed by atoms with Crippen LogP contribution in [0.4, 0.5) is 0 Å². The van der Waals surface area contributed by atoms with Gasteiger partial charge in [-0.2, -0.15) is 0 Å². The summed E-state index contributed by atoms with van der Waals surface area (Å²) >= 11 is 6.22. The van der Waals surface area contributed by atoms with Crippen LogP contribution in [0.15, 0.2) is 55.7 Å². The van der Waals surface area contributed by atoms with Crippen molar-refractivity contribution in [2.45, 2.75) is 16.7 Å². The van der Waals surface area contributed by atoms with Gasteiger partial charge in [-0.3, -0.25) is 9.97 Å². The highest BCUT2D eigenvalue weighted by molar-refractivity contribution is 9.10. The SMILES string of the molecule is CCNS(=O)(=O)c1cncc(Br)c1.O=S(=O)(Cl)c1cncc(Br)c1. The fourth-order valence-corrected chi connectivity index (χ4v) is 4.11. The van der Waals surface area contributed by atoms with Crippen LogP contribution in [0.5, 0.6) is 0 Å². The normalized spacial score (nSPS) is 11.5. The highest BCUT2D eigenvalue weighted by atomic mass is 79.9. The lowest BCUT2D eigenvalue weighted by molar-refractivity contribution is 0.583. The molecule has 0 fully saturated rings. The standard InChI is InChI=1S/C7H9BrN2O2S.C5H3BrClNO2S/c1-2-10-13(11,12)7-3-6(8)4-9-5-7;6-4-1-5(3-8-2-4)11(7,9)10/h3-5,10H,2H2,1H3;1-3H. The Labute approximate surface area is 161 Å². The summed E-state index contributed by atoms with van der Waals surface area (Å²) in [7, 11) is -1.98. The largest absolute Gasteiger partial charge is 0.262 e. The predicted octanol–water partition coefficient (Wildman–Crippen LogP) is 2.91. The number of hydrogen-bond acceptors (Lipinski definition) is 6. The van der Waals surface area contributed by atoms with Crippen molar-refractivity contribution >= 4 is 61.6 Å². The first-order valence-electron chi connectivity index (χ1n) is 6.21. The molecule has 132 valence electrons. The van der Waals surface area contributed by atoms with E-state index < -0.39 is 19.1 Å². The Kier molecular flexibility index (Phi) is 8.23. The number of aromatic nitrogens is 2. The van der Waals surface area contributed by atoms with Crippen molar-refractivity contribution in [1.29, 1.82) is 0 Å². The maximum Gasteiger partial charge on any atom is 0.262 e. The average molecular weight is 522 g/mol. The van der Waals surface area contributed by atoms with E-state index in [0.717, 1.165) is 0 Å². The second-order valence-electron chi connectivity index (χ2n) is 4.12. The molecular weight excluding hydrogens is 510 g/mol. The lowest BCUT2D eigenvalue weighted by atomic mass is 10.5. The maximum atomic E-state index is 11.4. The molecule has 2 aromatic rings. The van der Waals surface area contributed by atoms with Crippen LogP contribution in [0.25, 0.3) is 0 Å². The van der Waals surface area contributed by atoms with Gasteiger partial charge >= 0.3 is 0 Å². The summed E-state index contributed by atoms with van der Waals surface area (Å²) in [6.45, 7) is 2.10. The third-order valence-corrected chi connectivity index (χ3v) is 5.99. The van der Waals surface area contributed by atoms with Crippen LogP contribution in [0.1, 0.15) is 6.92 Å². The van der Waals surface area contributed by atoms with Crippen LogP contribution >= 0.6 is 42.5 Å². The molecule has 1 N–H and O–H groups in total. The van der Waals surface area contributed by atoms with Gasteiger partial charge in [0, 0.05) is 51.0 Å². The van der Waals surface area contributed by atoms with Crippen molar-refractivity contribution in [1.82, 2.24) is 14.7 Å². The van der Waals surface area contributed by atoms with E-state index in [1.54, 1.807) is 6.92 Å². The number of rotatable bonds is 4. The molecule has 12 heteroatoms. The van der Waals surface area contributed by atoms with Crippen LogP contribution in [0.3, 0.4) is 0 Å². The number of halogens is 3. The smallest absolute Gasteiger partial charge is 0.262 e. The van der Waals surface area contributed by atoms with Crippen LogP contribution in [0.2, 0.25) is 0 Å². The summed E-state index contributed by atoms with van der Waals surface area (Å²) in [5.41, 5.74) is 0. The first-order chi connectivity index (χ1) is 11.1. The van der Waals surface area contributed by atoms with Gasteiger partial charge in [0.1, 0.15) is 9.79 Å². The third-order valence-electron chi connectivity index (χ3n) is 2.29. The van der Waals surface area contributed by atoms with Crippen molar-refractivity contribution in [2.24, 2.45) is 0 Å². The van der Waals surface area contributed by atoms with E-state index in [2.05, 4.69) is 46.5 Å². The molecular formula is C12H12Br2ClN3O4S2. The van der Waals surface area contributed by atoms with Gasteiger partial charge in [-0.1, -0.05) is 6.92 Å². The van der Waals surface area contributed by atoms with E-state index in [-0.39, 0.29) is 9.79 Å². The Morgan fingerprint density at radius 2 is 1.42 bits per heavy atom. The predicted molar refractivity (Wildman–Crippen MR) is 97.8 cm³/mol. The van der Waals surface area contributed by atoms with Crippen molar-refractivity contribution in [3.8, 4) is 0 Å². The maximum absolute atomic E-state index is 11.4. The Hall–Kier alpha value is -0.590. The number of nitrogens with zero attached hydrogens (tertiary/aromatic N) is 2. The number of pyridine rings is 2. The zero-order valence-corrected chi connectivity index (χ0v) is 17.7. The average Bonchev–Trinajstić information content (AvgIpc) is 2.47. The van der Waals surface area contributed by atoms with E-state index in [1.807, 2.05) is 0 Å². The first kappa shape index (κ1) is 21.5. The summed E-state index contributed by atoms with van der Waals surface area (Å²) in [5.74, 6) is 0. The zero-order chi connectivity index (χ0) is 18.4. The minimum absolute atomic E-state index is 0.00598. The molecule has 2 aromatic heterocycles. The molecule has 0 saturated carbocycles. The molecule has 0 radical (unpaired) electrons. The third kappa shape index (κ3) is 7.11. The Bertz CT molecular complexity index is 908. The second-order valence-corrected chi connectivity index (χ2v) is 10.3. The van der Waals surface area contributed by atoms with Crippen molar-refractivity contribution in [3.63, 3.8) is 0 Å². The van der Waals surface area contributed by atoms with Gasteiger partial charge in [-0.15, -0.1) is 0 Å². The summed E-state index contributed by atoms with van der Waals surface area (Å²) in [5, 5.41) is 0. The molecule has 0 amide bonds. The minimum atomic E-state index is -3.65. The van der Waals surface area contributed by atoms with Crippen molar-refractivity contribution in [2.75, 3.05) is 6.54 Å². The minimum Gasteiger partial charge on any atom is -0.262 e.